The number of hydrogen-bond donors (Lipinski definition) is 2. The first kappa shape index (κ1) is 24.1. The summed E-state index contributed by atoms with van der Waals surface area (Å²) in [7, 11) is 0. The zero-order valence-electron chi connectivity index (χ0n) is 20.2. The number of carbonyl (C=O) groups excluding carboxylic acids is 1. The number of hydrogen-bond acceptors (Lipinski definition) is 7. The van der Waals surface area contributed by atoms with Gasteiger partial charge in [0.2, 0.25) is 0 Å². The smallest absolute Gasteiger partial charge is 0.274 e. The Morgan fingerprint density at radius 2 is 1.62 bits per heavy atom. The van der Waals surface area contributed by atoms with E-state index in [0.29, 0.717) is 17.1 Å². The van der Waals surface area contributed by atoms with Crippen molar-refractivity contribution in [2.75, 3.05) is 31.1 Å². The van der Waals surface area contributed by atoms with Crippen molar-refractivity contribution in [3.05, 3.63) is 108 Å². The molecule has 0 spiro atoms. The summed E-state index contributed by atoms with van der Waals surface area (Å²) >= 11 is 0. The molecular weight excluding hydrogens is 464 g/mol. The quantitative estimate of drug-likeness (QED) is 0.252. The Labute approximate surface area is 215 Å². The zero-order valence-corrected chi connectivity index (χ0v) is 20.2. The standard InChI is InChI=1S/C29H26N6O2/c36-29(33-37)26-17-27(25-9-7-22(8-10-25)5-6-23-3-1-11-30-19-23)32-28(18-26)35-15-13-34(14-16-35)21-24-4-2-12-31-20-24/h1-4,7-12,17-20,37H,13-16,21H2,(H,33,36). The summed E-state index contributed by atoms with van der Waals surface area (Å²) in [6.45, 7) is 4.14. The summed E-state index contributed by atoms with van der Waals surface area (Å²) in [6.07, 6.45) is 7.12. The molecule has 8 heteroatoms. The van der Waals surface area contributed by atoms with Crippen molar-refractivity contribution in [2.45, 2.75) is 6.54 Å². The van der Waals surface area contributed by atoms with Gasteiger partial charge in [0.25, 0.3) is 5.91 Å². The molecule has 0 saturated carbocycles. The van der Waals surface area contributed by atoms with E-state index in [1.165, 1.54) is 5.56 Å². The van der Waals surface area contributed by atoms with Gasteiger partial charge in [-0.05, 0) is 48.0 Å². The second-order valence-corrected chi connectivity index (χ2v) is 8.73. The van der Waals surface area contributed by atoms with Gasteiger partial charge in [-0.3, -0.25) is 24.9 Å². The van der Waals surface area contributed by atoms with E-state index < -0.39 is 5.91 Å². The Balaban J connectivity index is 1.34. The maximum atomic E-state index is 12.3. The van der Waals surface area contributed by atoms with Gasteiger partial charge in [-0.1, -0.05) is 30.0 Å². The predicted octanol–water partition coefficient (Wildman–Crippen LogP) is 3.38. The SMILES string of the molecule is O=C(NO)c1cc(-c2ccc(C#Cc3cccnc3)cc2)nc(N2CCN(Cc3cccnc3)CC2)c1. The van der Waals surface area contributed by atoms with Gasteiger partial charge in [-0.2, -0.15) is 0 Å². The van der Waals surface area contributed by atoms with Crippen LogP contribution >= 0.6 is 0 Å². The highest BCUT2D eigenvalue weighted by atomic mass is 16.5. The van der Waals surface area contributed by atoms with E-state index in [-0.39, 0.29) is 0 Å². The van der Waals surface area contributed by atoms with E-state index in [9.17, 15) is 10.0 Å². The zero-order chi connectivity index (χ0) is 25.5. The van der Waals surface area contributed by atoms with Crippen LogP contribution in [0, 0.1) is 11.8 Å². The van der Waals surface area contributed by atoms with E-state index in [1.807, 2.05) is 48.7 Å². The highest BCUT2D eigenvalue weighted by Gasteiger charge is 2.20. The number of carbonyl (C=O) groups is 1. The summed E-state index contributed by atoms with van der Waals surface area (Å²) in [6, 6.07) is 18.9. The highest BCUT2D eigenvalue weighted by Crippen LogP contribution is 2.25. The molecule has 1 fully saturated rings. The molecule has 1 aliphatic heterocycles. The largest absolute Gasteiger partial charge is 0.354 e. The number of aromatic nitrogens is 3. The van der Waals surface area contributed by atoms with Crippen molar-refractivity contribution >= 4 is 11.7 Å². The molecule has 1 aliphatic rings. The molecule has 3 aromatic heterocycles. The van der Waals surface area contributed by atoms with Crippen LogP contribution in [0.25, 0.3) is 11.3 Å². The van der Waals surface area contributed by atoms with Crippen LogP contribution < -0.4 is 10.4 Å². The van der Waals surface area contributed by atoms with Crippen LogP contribution in [-0.4, -0.2) is 57.1 Å². The van der Waals surface area contributed by atoms with Gasteiger partial charge in [-0.15, -0.1) is 0 Å². The molecule has 4 heterocycles. The molecule has 0 unspecified atom stereocenters. The molecule has 0 radical (unpaired) electrons. The summed E-state index contributed by atoms with van der Waals surface area (Å²) in [4.78, 5) is 30.0. The first-order valence-electron chi connectivity index (χ1n) is 12.0. The van der Waals surface area contributed by atoms with Crippen molar-refractivity contribution in [1.29, 1.82) is 0 Å². The van der Waals surface area contributed by atoms with Crippen molar-refractivity contribution in [1.82, 2.24) is 25.3 Å². The average molecular weight is 491 g/mol. The molecule has 37 heavy (non-hydrogen) atoms. The van der Waals surface area contributed by atoms with E-state index in [2.05, 4.69) is 37.7 Å². The Morgan fingerprint density at radius 1 is 0.892 bits per heavy atom. The predicted molar refractivity (Wildman–Crippen MR) is 141 cm³/mol. The highest BCUT2D eigenvalue weighted by molar-refractivity contribution is 5.95. The minimum atomic E-state index is -0.570. The fourth-order valence-electron chi connectivity index (χ4n) is 4.21. The lowest BCUT2D eigenvalue weighted by atomic mass is 10.1. The Kier molecular flexibility index (Phi) is 7.46. The van der Waals surface area contributed by atoms with Crippen LogP contribution in [-0.2, 0) is 6.54 Å². The third-order valence-electron chi connectivity index (χ3n) is 6.19. The number of pyridine rings is 3. The molecule has 1 aromatic carbocycles. The third kappa shape index (κ3) is 6.16. The van der Waals surface area contributed by atoms with Crippen molar-refractivity contribution < 1.29 is 10.0 Å². The van der Waals surface area contributed by atoms with E-state index in [4.69, 9.17) is 4.98 Å². The Morgan fingerprint density at radius 3 is 2.30 bits per heavy atom. The Bertz CT molecular complexity index is 1410. The van der Waals surface area contributed by atoms with Gasteiger partial charge in [0.1, 0.15) is 5.82 Å². The van der Waals surface area contributed by atoms with Gasteiger partial charge in [-0.25, -0.2) is 10.5 Å². The molecule has 0 bridgehead atoms. The first-order valence-corrected chi connectivity index (χ1v) is 12.0. The molecule has 1 amide bonds. The molecule has 184 valence electrons. The second-order valence-electron chi connectivity index (χ2n) is 8.73. The molecule has 0 aliphatic carbocycles. The van der Waals surface area contributed by atoms with Gasteiger partial charge in [0.15, 0.2) is 0 Å². The van der Waals surface area contributed by atoms with Gasteiger partial charge >= 0.3 is 0 Å². The second kappa shape index (κ2) is 11.4. The molecule has 5 rings (SSSR count). The van der Waals surface area contributed by atoms with E-state index in [1.54, 1.807) is 36.2 Å². The number of benzene rings is 1. The fraction of sp³-hybridized carbons (Fsp3) is 0.172. The van der Waals surface area contributed by atoms with Gasteiger partial charge in [0, 0.05) is 79.8 Å². The Hall–Kier alpha value is -4.58. The lowest BCUT2D eigenvalue weighted by Crippen LogP contribution is -2.46. The van der Waals surface area contributed by atoms with Crippen LogP contribution in [0.2, 0.25) is 0 Å². The summed E-state index contributed by atoms with van der Waals surface area (Å²) in [5.41, 5.74) is 6.50. The third-order valence-corrected chi connectivity index (χ3v) is 6.19. The number of nitrogens with zero attached hydrogens (tertiary/aromatic N) is 5. The topological polar surface area (TPSA) is 94.5 Å². The van der Waals surface area contributed by atoms with Crippen LogP contribution in [0.5, 0.6) is 0 Å². The number of piperazine rings is 1. The molecule has 2 N–H and O–H groups in total. The average Bonchev–Trinajstić information content (AvgIpc) is 2.97. The number of rotatable bonds is 5. The van der Waals surface area contributed by atoms with Crippen LogP contribution in [0.1, 0.15) is 27.0 Å². The summed E-state index contributed by atoms with van der Waals surface area (Å²) in [5, 5.41) is 9.25. The molecule has 4 aromatic rings. The van der Waals surface area contributed by atoms with Gasteiger partial charge < -0.3 is 4.90 Å². The van der Waals surface area contributed by atoms with Gasteiger partial charge in [0.05, 0.1) is 5.69 Å². The minimum absolute atomic E-state index is 0.348. The van der Waals surface area contributed by atoms with Crippen molar-refractivity contribution in [2.24, 2.45) is 0 Å². The van der Waals surface area contributed by atoms with E-state index in [0.717, 1.165) is 49.4 Å². The number of hydroxylamine groups is 1. The summed E-state index contributed by atoms with van der Waals surface area (Å²) < 4.78 is 0. The lowest BCUT2D eigenvalue weighted by molar-refractivity contribution is 0.0706. The monoisotopic (exact) mass is 490 g/mol. The number of amides is 1. The molecular formula is C29H26N6O2. The molecule has 8 nitrogen and oxygen atoms in total. The fourth-order valence-corrected chi connectivity index (χ4v) is 4.21. The molecule has 1 saturated heterocycles. The lowest BCUT2D eigenvalue weighted by Gasteiger charge is -2.35. The van der Waals surface area contributed by atoms with Crippen molar-refractivity contribution in [3.8, 4) is 23.1 Å². The first-order chi connectivity index (χ1) is 18.2. The minimum Gasteiger partial charge on any atom is -0.354 e. The molecule has 0 atom stereocenters. The number of nitrogens with one attached hydrogen (secondary N) is 1. The van der Waals surface area contributed by atoms with E-state index >= 15 is 0 Å². The number of anilines is 1. The maximum absolute atomic E-state index is 12.3. The van der Waals surface area contributed by atoms with Crippen molar-refractivity contribution in [3.63, 3.8) is 0 Å². The summed E-state index contributed by atoms with van der Waals surface area (Å²) in [5.74, 6) is 6.37. The van der Waals surface area contributed by atoms with Crippen LogP contribution in [0.3, 0.4) is 0 Å². The normalized spacial score (nSPS) is 13.5. The maximum Gasteiger partial charge on any atom is 0.274 e. The van der Waals surface area contributed by atoms with Crippen LogP contribution in [0.4, 0.5) is 5.82 Å². The van der Waals surface area contributed by atoms with Crippen LogP contribution in [0.15, 0.2) is 85.5 Å².